The molecule has 0 fully saturated rings. The van der Waals surface area contributed by atoms with Gasteiger partial charge in [0.05, 0.1) is 6.61 Å². The molecule has 0 bridgehead atoms. The minimum Gasteiger partial charge on any atom is -0.456 e. The maximum Gasteiger partial charge on any atom is 0.433 e. The molecule has 0 atom stereocenters. The number of carbonyl (C=O) groups excluding carboxylic acids is 1. The average molecular weight is 243 g/mol. The number of hydrogen-bond acceptors (Lipinski definition) is 3. The van der Waals surface area contributed by atoms with Crippen LogP contribution in [0.4, 0.5) is 13.2 Å². The molecule has 0 N–H and O–H groups in total. The maximum absolute atomic E-state index is 12.3. The van der Waals surface area contributed by atoms with Crippen molar-refractivity contribution in [1.82, 2.24) is 4.98 Å². The van der Waals surface area contributed by atoms with E-state index in [2.05, 4.69) is 21.6 Å². The van der Waals surface area contributed by atoms with Crippen molar-refractivity contribution < 1.29 is 22.7 Å². The molecular weight excluding hydrogens is 235 g/mol. The van der Waals surface area contributed by atoms with E-state index in [1.807, 2.05) is 0 Å². The first-order valence-corrected chi connectivity index (χ1v) is 4.65. The first-order valence-electron chi connectivity index (χ1n) is 4.65. The Labute approximate surface area is 95.6 Å². The zero-order valence-corrected chi connectivity index (χ0v) is 8.84. The largest absolute Gasteiger partial charge is 0.456 e. The Bertz CT molecular complexity index is 472. The van der Waals surface area contributed by atoms with Gasteiger partial charge in [0.1, 0.15) is 5.69 Å². The summed E-state index contributed by atoms with van der Waals surface area (Å²) in [5, 5.41) is 0. The van der Waals surface area contributed by atoms with Crippen molar-refractivity contribution in [1.29, 1.82) is 0 Å². The summed E-state index contributed by atoms with van der Waals surface area (Å²) in [6, 6.07) is 2.05. The van der Waals surface area contributed by atoms with Crippen LogP contribution in [-0.2, 0) is 15.7 Å². The molecule has 0 radical (unpaired) electrons. The summed E-state index contributed by atoms with van der Waals surface area (Å²) in [6.07, 6.45) is -3.54. The third-order valence-corrected chi connectivity index (χ3v) is 1.63. The molecule has 1 aromatic rings. The van der Waals surface area contributed by atoms with Crippen molar-refractivity contribution in [2.75, 3.05) is 6.61 Å². The first-order chi connectivity index (χ1) is 7.93. The van der Waals surface area contributed by atoms with Crippen LogP contribution in [0.1, 0.15) is 18.2 Å². The Morgan fingerprint density at radius 1 is 1.53 bits per heavy atom. The quantitative estimate of drug-likeness (QED) is 0.559. The molecule has 0 amide bonds. The number of halogens is 3. The van der Waals surface area contributed by atoms with Gasteiger partial charge >= 0.3 is 12.1 Å². The van der Waals surface area contributed by atoms with Crippen molar-refractivity contribution in [2.45, 2.75) is 13.1 Å². The fourth-order valence-electron chi connectivity index (χ4n) is 0.954. The Hall–Kier alpha value is -2.03. The second-order valence-electron chi connectivity index (χ2n) is 2.90. The van der Waals surface area contributed by atoms with Crippen molar-refractivity contribution in [3.8, 4) is 11.8 Å². The van der Waals surface area contributed by atoms with Gasteiger partial charge in [-0.05, 0) is 19.1 Å². The lowest BCUT2D eigenvalue weighted by atomic mass is 10.2. The minimum absolute atomic E-state index is 0.0559. The standard InChI is InChI=1S/C11H8F3NO2/c1-2-17-10(16)4-3-8-5-6-15-9(7-8)11(12,13)14/h5-7H,2H2,1H3. The van der Waals surface area contributed by atoms with Gasteiger partial charge in [-0.1, -0.05) is 5.92 Å². The van der Waals surface area contributed by atoms with Crippen LogP contribution in [0.3, 0.4) is 0 Å². The van der Waals surface area contributed by atoms with Gasteiger partial charge in [0.25, 0.3) is 0 Å². The summed E-state index contributed by atoms with van der Waals surface area (Å²) in [4.78, 5) is 14.0. The third-order valence-electron chi connectivity index (χ3n) is 1.63. The molecule has 1 aromatic heterocycles. The van der Waals surface area contributed by atoms with Crippen molar-refractivity contribution in [2.24, 2.45) is 0 Å². The van der Waals surface area contributed by atoms with Gasteiger partial charge in [-0.2, -0.15) is 13.2 Å². The molecular formula is C11H8F3NO2. The van der Waals surface area contributed by atoms with Crippen LogP contribution in [0.15, 0.2) is 18.3 Å². The number of alkyl halides is 3. The SMILES string of the molecule is CCOC(=O)C#Cc1ccnc(C(F)(F)F)c1. The number of aromatic nitrogens is 1. The summed E-state index contributed by atoms with van der Waals surface area (Å²) in [5.41, 5.74) is -0.992. The predicted molar refractivity (Wildman–Crippen MR) is 52.8 cm³/mol. The zero-order valence-electron chi connectivity index (χ0n) is 8.84. The van der Waals surface area contributed by atoms with Crippen molar-refractivity contribution >= 4 is 5.97 Å². The smallest absolute Gasteiger partial charge is 0.433 e. The zero-order chi connectivity index (χ0) is 12.9. The Morgan fingerprint density at radius 3 is 2.82 bits per heavy atom. The van der Waals surface area contributed by atoms with Crippen LogP contribution in [-0.4, -0.2) is 17.6 Å². The van der Waals surface area contributed by atoms with E-state index in [9.17, 15) is 18.0 Å². The van der Waals surface area contributed by atoms with E-state index in [1.165, 1.54) is 6.07 Å². The van der Waals surface area contributed by atoms with E-state index < -0.39 is 17.8 Å². The molecule has 1 rings (SSSR count). The third kappa shape index (κ3) is 4.15. The van der Waals surface area contributed by atoms with Crippen molar-refractivity contribution in [3.05, 3.63) is 29.6 Å². The fourth-order valence-corrected chi connectivity index (χ4v) is 0.954. The summed E-state index contributed by atoms with van der Waals surface area (Å²) in [5.74, 6) is 3.57. The van der Waals surface area contributed by atoms with Crippen molar-refractivity contribution in [3.63, 3.8) is 0 Å². The van der Waals surface area contributed by atoms with E-state index in [-0.39, 0.29) is 12.2 Å². The molecule has 0 aliphatic carbocycles. The number of ether oxygens (including phenoxy) is 1. The van der Waals surface area contributed by atoms with Crippen LogP contribution in [0, 0.1) is 11.8 Å². The monoisotopic (exact) mass is 243 g/mol. The summed E-state index contributed by atoms with van der Waals surface area (Å²) >= 11 is 0. The normalized spacial score (nSPS) is 10.4. The van der Waals surface area contributed by atoms with Gasteiger partial charge in [-0.15, -0.1) is 0 Å². The van der Waals surface area contributed by atoms with Crippen LogP contribution in [0.25, 0.3) is 0 Å². The highest BCUT2D eigenvalue weighted by molar-refractivity contribution is 5.89. The Balaban J connectivity index is 2.90. The lowest BCUT2D eigenvalue weighted by Crippen LogP contribution is -2.07. The molecule has 0 saturated carbocycles. The molecule has 6 heteroatoms. The summed E-state index contributed by atoms with van der Waals surface area (Å²) in [6.45, 7) is 1.77. The molecule has 17 heavy (non-hydrogen) atoms. The van der Waals surface area contributed by atoms with Crippen LogP contribution in [0.5, 0.6) is 0 Å². The highest BCUT2D eigenvalue weighted by Gasteiger charge is 2.32. The van der Waals surface area contributed by atoms with E-state index in [0.717, 1.165) is 12.3 Å². The summed E-state index contributed by atoms with van der Waals surface area (Å²) in [7, 11) is 0. The van der Waals surface area contributed by atoms with Gasteiger partial charge in [0, 0.05) is 17.7 Å². The van der Waals surface area contributed by atoms with Gasteiger partial charge < -0.3 is 4.74 Å². The molecule has 0 spiro atoms. The first kappa shape index (κ1) is 13.0. The van der Waals surface area contributed by atoms with E-state index in [4.69, 9.17) is 0 Å². The van der Waals surface area contributed by atoms with E-state index in [1.54, 1.807) is 6.92 Å². The molecule has 3 nitrogen and oxygen atoms in total. The molecule has 0 unspecified atom stereocenters. The van der Waals surface area contributed by atoms with Gasteiger partial charge in [0.15, 0.2) is 0 Å². The van der Waals surface area contributed by atoms with E-state index >= 15 is 0 Å². The molecule has 0 saturated heterocycles. The average Bonchev–Trinajstić information content (AvgIpc) is 2.26. The lowest BCUT2D eigenvalue weighted by Gasteiger charge is -2.04. The number of nitrogens with zero attached hydrogens (tertiary/aromatic N) is 1. The minimum atomic E-state index is -4.53. The molecule has 1 heterocycles. The molecule has 0 aliphatic rings. The highest BCUT2D eigenvalue weighted by Crippen LogP contribution is 2.27. The second kappa shape index (κ2) is 5.34. The molecule has 0 aliphatic heterocycles. The maximum atomic E-state index is 12.3. The number of esters is 1. The lowest BCUT2D eigenvalue weighted by molar-refractivity contribution is -0.141. The number of rotatable bonds is 1. The second-order valence-corrected chi connectivity index (χ2v) is 2.90. The van der Waals surface area contributed by atoms with Crippen LogP contribution < -0.4 is 0 Å². The number of carbonyl (C=O) groups is 1. The molecule has 90 valence electrons. The van der Waals surface area contributed by atoms with Gasteiger partial charge in [-0.3, -0.25) is 4.98 Å². The van der Waals surface area contributed by atoms with E-state index in [0.29, 0.717) is 0 Å². The van der Waals surface area contributed by atoms with Crippen LogP contribution >= 0.6 is 0 Å². The highest BCUT2D eigenvalue weighted by atomic mass is 19.4. The summed E-state index contributed by atoms with van der Waals surface area (Å²) < 4.78 is 41.4. The Morgan fingerprint density at radius 2 is 2.24 bits per heavy atom. The topological polar surface area (TPSA) is 39.2 Å². The Kier molecular flexibility index (Phi) is 4.10. The molecule has 0 aromatic carbocycles. The predicted octanol–water partition coefficient (Wildman–Crippen LogP) is 2.02. The van der Waals surface area contributed by atoms with Gasteiger partial charge in [0.2, 0.25) is 0 Å². The number of pyridine rings is 1. The van der Waals surface area contributed by atoms with Crippen LogP contribution in [0.2, 0.25) is 0 Å². The fraction of sp³-hybridized carbons (Fsp3) is 0.273. The van der Waals surface area contributed by atoms with Gasteiger partial charge in [-0.25, -0.2) is 4.79 Å². The number of hydrogen-bond donors (Lipinski definition) is 0.